The molecule has 2 aromatic rings. The molecule has 0 aliphatic heterocycles. The number of anilines is 1. The molecular formula is C13H15N3O3S. The van der Waals surface area contributed by atoms with Crippen LogP contribution in [0.2, 0.25) is 0 Å². The van der Waals surface area contributed by atoms with Gasteiger partial charge >= 0.3 is 6.03 Å². The second-order valence-electron chi connectivity index (χ2n) is 3.92. The van der Waals surface area contributed by atoms with Crippen molar-refractivity contribution in [2.75, 3.05) is 26.6 Å². The number of ether oxygens (including phenoxy) is 1. The summed E-state index contributed by atoms with van der Waals surface area (Å²) in [5.41, 5.74) is 1.76. The lowest BCUT2D eigenvalue weighted by molar-refractivity contribution is -0.0597. The quantitative estimate of drug-likeness (QED) is 0.880. The number of hydrogen-bond acceptors (Lipinski definition) is 5. The zero-order valence-electron chi connectivity index (χ0n) is 11.4. The van der Waals surface area contributed by atoms with E-state index in [9.17, 15) is 4.79 Å². The van der Waals surface area contributed by atoms with Gasteiger partial charge in [0.1, 0.15) is 10.8 Å². The fourth-order valence-corrected chi connectivity index (χ4v) is 2.15. The number of carbonyl (C=O) groups excluding carboxylic acids is 1. The van der Waals surface area contributed by atoms with Gasteiger partial charge in [-0.1, -0.05) is 0 Å². The Labute approximate surface area is 121 Å². The summed E-state index contributed by atoms with van der Waals surface area (Å²) in [4.78, 5) is 16.4. The lowest BCUT2D eigenvalue weighted by Gasteiger charge is -2.12. The van der Waals surface area contributed by atoms with Crippen LogP contribution in [0.25, 0.3) is 11.3 Å². The van der Waals surface area contributed by atoms with Crippen molar-refractivity contribution in [3.8, 4) is 17.0 Å². The number of rotatable bonds is 4. The highest BCUT2D eigenvalue weighted by Gasteiger charge is 2.11. The van der Waals surface area contributed by atoms with Crippen LogP contribution in [-0.2, 0) is 4.84 Å². The predicted molar refractivity (Wildman–Crippen MR) is 77.9 cm³/mol. The van der Waals surface area contributed by atoms with Crippen LogP contribution >= 0.6 is 11.5 Å². The fraction of sp³-hybridized carbons (Fsp3) is 0.231. The molecule has 20 heavy (non-hydrogen) atoms. The van der Waals surface area contributed by atoms with Gasteiger partial charge in [0, 0.05) is 18.7 Å². The number of urea groups is 1. The lowest BCUT2D eigenvalue weighted by atomic mass is 10.1. The fourth-order valence-electron chi connectivity index (χ4n) is 1.50. The number of hydrogen-bond donors (Lipinski definition) is 1. The number of methoxy groups -OCH3 is 1. The second-order valence-corrected chi connectivity index (χ2v) is 4.72. The molecule has 6 nitrogen and oxygen atoms in total. The number of carbonyl (C=O) groups is 1. The van der Waals surface area contributed by atoms with Crippen LogP contribution in [0.4, 0.5) is 9.80 Å². The Balaban J connectivity index is 2.10. The molecule has 1 heterocycles. The van der Waals surface area contributed by atoms with Gasteiger partial charge in [-0.2, -0.15) is 4.37 Å². The number of hydroxylamine groups is 2. The van der Waals surface area contributed by atoms with E-state index >= 15 is 0 Å². The molecule has 0 bridgehead atoms. The standard InChI is InChI=1S/C13H15N3O3S/c1-16(19-3)13(17)14-12-8-11(15-20-12)9-4-6-10(18-2)7-5-9/h4-8H,1-3H3,(H,14,17). The topological polar surface area (TPSA) is 63.7 Å². The highest BCUT2D eigenvalue weighted by Crippen LogP contribution is 2.26. The van der Waals surface area contributed by atoms with Gasteiger partial charge in [-0.15, -0.1) is 0 Å². The molecule has 0 atom stereocenters. The molecule has 1 aromatic carbocycles. The van der Waals surface area contributed by atoms with E-state index in [0.717, 1.165) is 22.1 Å². The van der Waals surface area contributed by atoms with Crippen molar-refractivity contribution in [1.82, 2.24) is 9.44 Å². The highest BCUT2D eigenvalue weighted by atomic mass is 32.1. The number of nitrogens with zero attached hydrogens (tertiary/aromatic N) is 2. The Morgan fingerprint density at radius 3 is 2.60 bits per heavy atom. The zero-order valence-corrected chi connectivity index (χ0v) is 12.2. The van der Waals surface area contributed by atoms with Crippen molar-refractivity contribution >= 4 is 22.6 Å². The molecule has 2 rings (SSSR count). The number of nitrogens with one attached hydrogen (secondary N) is 1. The average Bonchev–Trinajstić information content (AvgIpc) is 2.94. The van der Waals surface area contributed by atoms with Crippen LogP contribution in [0.15, 0.2) is 30.3 Å². The first kappa shape index (κ1) is 14.3. The van der Waals surface area contributed by atoms with E-state index in [4.69, 9.17) is 9.57 Å². The second kappa shape index (κ2) is 6.36. The third-order valence-electron chi connectivity index (χ3n) is 2.69. The van der Waals surface area contributed by atoms with Crippen molar-refractivity contribution in [3.05, 3.63) is 30.3 Å². The number of benzene rings is 1. The Morgan fingerprint density at radius 1 is 1.30 bits per heavy atom. The summed E-state index contributed by atoms with van der Waals surface area (Å²) in [6, 6.07) is 9.03. The smallest absolute Gasteiger partial charge is 0.346 e. The Bertz CT molecular complexity index is 583. The minimum Gasteiger partial charge on any atom is -0.497 e. The summed E-state index contributed by atoms with van der Waals surface area (Å²) in [5.74, 6) is 0.791. The maximum absolute atomic E-state index is 11.6. The van der Waals surface area contributed by atoms with Gasteiger partial charge in [-0.25, -0.2) is 9.86 Å². The normalized spacial score (nSPS) is 10.2. The maximum Gasteiger partial charge on any atom is 0.346 e. The van der Waals surface area contributed by atoms with Crippen molar-refractivity contribution in [2.24, 2.45) is 0 Å². The van der Waals surface area contributed by atoms with Crippen LogP contribution in [0.1, 0.15) is 0 Å². The van der Waals surface area contributed by atoms with Crippen molar-refractivity contribution in [3.63, 3.8) is 0 Å². The summed E-state index contributed by atoms with van der Waals surface area (Å²) in [7, 11) is 4.58. The molecule has 0 radical (unpaired) electrons. The van der Waals surface area contributed by atoms with Crippen molar-refractivity contribution in [2.45, 2.75) is 0 Å². The van der Waals surface area contributed by atoms with Gasteiger partial charge in [-0.05, 0) is 35.8 Å². The van der Waals surface area contributed by atoms with E-state index in [0.29, 0.717) is 5.00 Å². The summed E-state index contributed by atoms with van der Waals surface area (Å²) in [5, 5.41) is 4.46. The first-order chi connectivity index (χ1) is 9.63. The molecule has 0 saturated carbocycles. The zero-order chi connectivity index (χ0) is 14.5. The van der Waals surface area contributed by atoms with Crippen LogP contribution in [0.3, 0.4) is 0 Å². The monoisotopic (exact) mass is 293 g/mol. The average molecular weight is 293 g/mol. The van der Waals surface area contributed by atoms with Gasteiger partial charge in [0.05, 0.1) is 19.9 Å². The number of amides is 2. The summed E-state index contributed by atoms with van der Waals surface area (Å²) < 4.78 is 9.41. The van der Waals surface area contributed by atoms with E-state index in [2.05, 4.69) is 9.69 Å². The molecule has 0 saturated heterocycles. The minimum atomic E-state index is -0.350. The molecule has 0 fully saturated rings. The molecule has 7 heteroatoms. The van der Waals surface area contributed by atoms with Crippen LogP contribution in [0.5, 0.6) is 5.75 Å². The summed E-state index contributed by atoms with van der Waals surface area (Å²) in [6.07, 6.45) is 0. The van der Waals surface area contributed by atoms with E-state index in [-0.39, 0.29) is 6.03 Å². The largest absolute Gasteiger partial charge is 0.497 e. The van der Waals surface area contributed by atoms with Gasteiger partial charge in [-0.3, -0.25) is 10.2 Å². The molecule has 2 amide bonds. The van der Waals surface area contributed by atoms with E-state index < -0.39 is 0 Å². The van der Waals surface area contributed by atoms with E-state index in [1.54, 1.807) is 7.11 Å². The highest BCUT2D eigenvalue weighted by molar-refractivity contribution is 7.10. The van der Waals surface area contributed by atoms with Crippen molar-refractivity contribution in [1.29, 1.82) is 0 Å². The first-order valence-electron chi connectivity index (χ1n) is 5.84. The number of aromatic nitrogens is 1. The molecule has 1 aromatic heterocycles. The predicted octanol–water partition coefficient (Wildman–Crippen LogP) is 2.84. The minimum absolute atomic E-state index is 0.350. The van der Waals surface area contributed by atoms with Gasteiger partial charge in [0.15, 0.2) is 0 Å². The molecule has 106 valence electrons. The molecule has 0 aliphatic carbocycles. The lowest BCUT2D eigenvalue weighted by Crippen LogP contribution is -2.29. The molecular weight excluding hydrogens is 278 g/mol. The van der Waals surface area contributed by atoms with E-state index in [1.807, 2.05) is 30.3 Å². The van der Waals surface area contributed by atoms with Crippen molar-refractivity contribution < 1.29 is 14.4 Å². The maximum atomic E-state index is 11.6. The van der Waals surface area contributed by atoms with Crippen LogP contribution < -0.4 is 10.1 Å². The summed E-state index contributed by atoms with van der Waals surface area (Å²) >= 11 is 1.22. The molecule has 0 spiro atoms. The molecule has 0 unspecified atom stereocenters. The van der Waals surface area contributed by atoms with Gasteiger partial charge < -0.3 is 4.74 Å². The van der Waals surface area contributed by atoms with E-state index in [1.165, 1.54) is 25.7 Å². The first-order valence-corrected chi connectivity index (χ1v) is 6.61. The van der Waals surface area contributed by atoms with Crippen LogP contribution in [-0.4, -0.2) is 36.7 Å². The molecule has 1 N–H and O–H groups in total. The third kappa shape index (κ3) is 3.25. The third-order valence-corrected chi connectivity index (χ3v) is 3.39. The van der Waals surface area contributed by atoms with Gasteiger partial charge in [0.2, 0.25) is 0 Å². The SMILES string of the molecule is COc1ccc(-c2cc(NC(=O)N(C)OC)sn2)cc1. The van der Waals surface area contributed by atoms with Crippen LogP contribution in [0, 0.1) is 0 Å². The Hall–Kier alpha value is -2.12. The van der Waals surface area contributed by atoms with Gasteiger partial charge in [0.25, 0.3) is 0 Å². The Kier molecular flexibility index (Phi) is 4.54. The Morgan fingerprint density at radius 2 is 2.00 bits per heavy atom. The summed E-state index contributed by atoms with van der Waals surface area (Å²) in [6.45, 7) is 0. The molecule has 0 aliphatic rings.